The molecule has 0 radical (unpaired) electrons. The SMILES string of the molecule is Cc1csc(NC(=O)CSc2ccc(-c3cc(C)c(C)cc3C)nn2)n1. The third kappa shape index (κ3) is 4.47. The normalized spacial score (nSPS) is 10.8. The third-order valence-corrected chi connectivity index (χ3v) is 5.77. The van der Waals surface area contributed by atoms with E-state index in [1.807, 2.05) is 24.4 Å². The summed E-state index contributed by atoms with van der Waals surface area (Å²) in [6, 6.07) is 8.17. The van der Waals surface area contributed by atoms with Crippen molar-refractivity contribution in [2.45, 2.75) is 32.7 Å². The molecule has 0 atom stereocenters. The van der Waals surface area contributed by atoms with Crippen LogP contribution >= 0.6 is 23.1 Å². The number of benzene rings is 1. The highest BCUT2D eigenvalue weighted by Crippen LogP contribution is 2.26. The molecular formula is C19H20N4OS2. The average molecular weight is 385 g/mol. The van der Waals surface area contributed by atoms with Crippen LogP contribution in [0.3, 0.4) is 0 Å². The van der Waals surface area contributed by atoms with E-state index < -0.39 is 0 Å². The molecule has 1 N–H and O–H groups in total. The summed E-state index contributed by atoms with van der Waals surface area (Å²) >= 11 is 2.78. The first kappa shape index (κ1) is 18.5. The van der Waals surface area contributed by atoms with Crippen molar-refractivity contribution >= 4 is 34.1 Å². The number of aromatic nitrogens is 3. The highest BCUT2D eigenvalue weighted by atomic mass is 32.2. The van der Waals surface area contributed by atoms with E-state index in [1.54, 1.807) is 0 Å². The van der Waals surface area contributed by atoms with Gasteiger partial charge in [-0.15, -0.1) is 21.5 Å². The van der Waals surface area contributed by atoms with E-state index in [2.05, 4.69) is 53.4 Å². The second-order valence-electron chi connectivity index (χ2n) is 6.14. The number of hydrogen-bond acceptors (Lipinski definition) is 6. The van der Waals surface area contributed by atoms with Crippen LogP contribution in [0.25, 0.3) is 11.3 Å². The van der Waals surface area contributed by atoms with Crippen LogP contribution in [0.15, 0.2) is 34.7 Å². The van der Waals surface area contributed by atoms with Crippen molar-refractivity contribution in [2.75, 3.05) is 11.1 Å². The van der Waals surface area contributed by atoms with E-state index in [9.17, 15) is 4.79 Å². The van der Waals surface area contributed by atoms with Gasteiger partial charge in [-0.2, -0.15) is 0 Å². The van der Waals surface area contributed by atoms with Crippen LogP contribution in [0.4, 0.5) is 5.13 Å². The Kier molecular flexibility index (Phi) is 5.68. The average Bonchev–Trinajstić information content (AvgIpc) is 3.01. The number of hydrogen-bond donors (Lipinski definition) is 1. The number of carbonyl (C=O) groups is 1. The molecule has 2 heterocycles. The van der Waals surface area contributed by atoms with Crippen LogP contribution in [-0.4, -0.2) is 26.8 Å². The number of amides is 1. The van der Waals surface area contributed by atoms with E-state index in [4.69, 9.17) is 0 Å². The lowest BCUT2D eigenvalue weighted by Gasteiger charge is -2.09. The van der Waals surface area contributed by atoms with Crippen molar-refractivity contribution in [3.05, 3.63) is 52.0 Å². The largest absolute Gasteiger partial charge is 0.301 e. The van der Waals surface area contributed by atoms with Crippen molar-refractivity contribution < 1.29 is 4.79 Å². The molecule has 0 aliphatic carbocycles. The molecule has 0 saturated carbocycles. The molecule has 0 fully saturated rings. The molecule has 1 amide bonds. The monoisotopic (exact) mass is 384 g/mol. The predicted octanol–water partition coefficient (Wildman–Crippen LogP) is 4.56. The van der Waals surface area contributed by atoms with Gasteiger partial charge in [0.25, 0.3) is 0 Å². The number of anilines is 1. The van der Waals surface area contributed by atoms with Gasteiger partial charge in [0.05, 0.1) is 17.1 Å². The Morgan fingerprint density at radius 2 is 1.85 bits per heavy atom. The van der Waals surface area contributed by atoms with E-state index in [1.165, 1.54) is 39.8 Å². The number of nitrogens with zero attached hydrogens (tertiary/aromatic N) is 3. The highest BCUT2D eigenvalue weighted by Gasteiger charge is 2.09. The molecule has 1 aromatic carbocycles. The van der Waals surface area contributed by atoms with Gasteiger partial charge in [0, 0.05) is 10.9 Å². The molecule has 3 aromatic rings. The molecule has 0 aliphatic heterocycles. The number of thiazole rings is 1. The molecule has 7 heteroatoms. The molecule has 2 aromatic heterocycles. The second kappa shape index (κ2) is 7.97. The van der Waals surface area contributed by atoms with E-state index in [0.29, 0.717) is 5.13 Å². The Bertz CT molecular complexity index is 935. The quantitative estimate of drug-likeness (QED) is 0.653. The summed E-state index contributed by atoms with van der Waals surface area (Å²) < 4.78 is 0. The van der Waals surface area contributed by atoms with Gasteiger partial charge in [-0.25, -0.2) is 4.98 Å². The molecule has 3 rings (SSSR count). The van der Waals surface area contributed by atoms with Crippen molar-refractivity contribution in [2.24, 2.45) is 0 Å². The minimum absolute atomic E-state index is 0.0970. The standard InChI is InChI=1S/C19H20N4OS2/c1-11-7-13(3)15(8-12(11)2)16-5-6-18(23-22-16)25-10-17(24)21-19-20-14(4)9-26-19/h5-9H,10H2,1-4H3,(H,20,21,24). The fourth-order valence-electron chi connectivity index (χ4n) is 2.48. The zero-order valence-electron chi connectivity index (χ0n) is 15.2. The molecular weight excluding hydrogens is 364 g/mol. The van der Waals surface area contributed by atoms with Crippen LogP contribution in [-0.2, 0) is 4.79 Å². The van der Waals surface area contributed by atoms with E-state index in [-0.39, 0.29) is 11.7 Å². The first-order chi connectivity index (χ1) is 12.4. The minimum atomic E-state index is -0.0970. The number of rotatable bonds is 5. The Morgan fingerprint density at radius 3 is 2.50 bits per heavy atom. The molecule has 134 valence electrons. The van der Waals surface area contributed by atoms with Gasteiger partial charge in [-0.3, -0.25) is 4.79 Å². The van der Waals surface area contributed by atoms with Crippen LogP contribution in [0.1, 0.15) is 22.4 Å². The molecule has 0 saturated heterocycles. The van der Waals surface area contributed by atoms with Crippen LogP contribution in [0.2, 0.25) is 0 Å². The topological polar surface area (TPSA) is 67.8 Å². The van der Waals surface area contributed by atoms with Crippen LogP contribution < -0.4 is 5.32 Å². The lowest BCUT2D eigenvalue weighted by Crippen LogP contribution is -2.14. The van der Waals surface area contributed by atoms with Gasteiger partial charge in [0.1, 0.15) is 5.03 Å². The Balaban J connectivity index is 1.63. The first-order valence-corrected chi connectivity index (χ1v) is 10.1. The molecule has 0 spiro atoms. The lowest BCUT2D eigenvalue weighted by atomic mass is 9.99. The van der Waals surface area contributed by atoms with E-state index in [0.717, 1.165) is 22.0 Å². The Labute approximate surface area is 161 Å². The summed E-state index contributed by atoms with van der Waals surface area (Å²) in [5, 5.41) is 14.6. The van der Waals surface area contributed by atoms with Crippen molar-refractivity contribution in [1.82, 2.24) is 15.2 Å². The zero-order chi connectivity index (χ0) is 18.7. The molecule has 5 nitrogen and oxygen atoms in total. The predicted molar refractivity (Wildman–Crippen MR) is 108 cm³/mol. The summed E-state index contributed by atoms with van der Waals surface area (Å²) in [6.45, 7) is 8.18. The maximum Gasteiger partial charge on any atom is 0.236 e. The fourth-order valence-corrected chi connectivity index (χ4v) is 3.80. The summed E-state index contributed by atoms with van der Waals surface area (Å²) in [7, 11) is 0. The first-order valence-electron chi connectivity index (χ1n) is 8.19. The smallest absolute Gasteiger partial charge is 0.236 e. The van der Waals surface area contributed by atoms with Gasteiger partial charge in [0.2, 0.25) is 5.91 Å². The van der Waals surface area contributed by atoms with Gasteiger partial charge in [-0.05, 0) is 62.6 Å². The van der Waals surface area contributed by atoms with Gasteiger partial charge >= 0.3 is 0 Å². The van der Waals surface area contributed by atoms with Crippen molar-refractivity contribution in [1.29, 1.82) is 0 Å². The highest BCUT2D eigenvalue weighted by molar-refractivity contribution is 7.99. The minimum Gasteiger partial charge on any atom is -0.301 e. The van der Waals surface area contributed by atoms with Gasteiger partial charge in [0.15, 0.2) is 5.13 Å². The maximum absolute atomic E-state index is 12.0. The summed E-state index contributed by atoms with van der Waals surface area (Å²) in [5.74, 6) is 0.176. The molecule has 0 aliphatic rings. The van der Waals surface area contributed by atoms with Crippen LogP contribution in [0, 0.1) is 27.7 Å². The number of thioether (sulfide) groups is 1. The van der Waals surface area contributed by atoms with Gasteiger partial charge < -0.3 is 5.32 Å². The van der Waals surface area contributed by atoms with E-state index >= 15 is 0 Å². The lowest BCUT2D eigenvalue weighted by molar-refractivity contribution is -0.113. The number of carbonyl (C=O) groups excluding carboxylic acids is 1. The third-order valence-electron chi connectivity index (χ3n) is 3.97. The zero-order valence-corrected chi connectivity index (χ0v) is 16.8. The van der Waals surface area contributed by atoms with Crippen molar-refractivity contribution in [3.8, 4) is 11.3 Å². The summed E-state index contributed by atoms with van der Waals surface area (Å²) in [5.41, 5.74) is 6.53. The van der Waals surface area contributed by atoms with Gasteiger partial charge in [-0.1, -0.05) is 17.8 Å². The molecule has 0 unspecified atom stereocenters. The number of nitrogens with one attached hydrogen (secondary N) is 1. The second-order valence-corrected chi connectivity index (χ2v) is 7.99. The Hall–Kier alpha value is -2.25. The van der Waals surface area contributed by atoms with Crippen molar-refractivity contribution in [3.63, 3.8) is 0 Å². The molecule has 26 heavy (non-hydrogen) atoms. The summed E-state index contributed by atoms with van der Waals surface area (Å²) in [4.78, 5) is 16.2. The molecule has 0 bridgehead atoms. The summed E-state index contributed by atoms with van der Waals surface area (Å²) in [6.07, 6.45) is 0. The number of aryl methyl sites for hydroxylation is 4. The van der Waals surface area contributed by atoms with Crippen LogP contribution in [0.5, 0.6) is 0 Å². The Morgan fingerprint density at radius 1 is 1.08 bits per heavy atom. The maximum atomic E-state index is 12.0. The fraction of sp³-hybridized carbons (Fsp3) is 0.263.